The molecule has 3 nitrogen and oxygen atoms in total. The summed E-state index contributed by atoms with van der Waals surface area (Å²) in [5.74, 6) is 0.807. The molecule has 98 valence electrons. The van der Waals surface area contributed by atoms with Crippen LogP contribution in [0.4, 0.5) is 0 Å². The van der Waals surface area contributed by atoms with Gasteiger partial charge in [0, 0.05) is 18.2 Å². The molecule has 0 radical (unpaired) electrons. The van der Waals surface area contributed by atoms with E-state index in [2.05, 4.69) is 42.0 Å². The van der Waals surface area contributed by atoms with Crippen LogP contribution in [-0.2, 0) is 13.0 Å². The molecule has 0 bridgehead atoms. The predicted molar refractivity (Wildman–Crippen MR) is 75.4 cm³/mol. The summed E-state index contributed by atoms with van der Waals surface area (Å²) in [5, 5.41) is 8.85. The lowest BCUT2D eigenvalue weighted by Crippen LogP contribution is -2.10. The second-order valence-electron chi connectivity index (χ2n) is 5.09. The number of rotatable bonds is 8. The molecule has 0 aromatic carbocycles. The van der Waals surface area contributed by atoms with E-state index in [1.54, 1.807) is 0 Å². The van der Waals surface area contributed by atoms with Crippen LogP contribution in [0, 0.1) is 5.92 Å². The quantitative estimate of drug-likeness (QED) is 0.667. The van der Waals surface area contributed by atoms with Crippen LogP contribution in [0.1, 0.15) is 45.7 Å². The summed E-state index contributed by atoms with van der Waals surface area (Å²) < 4.78 is 2.08. The summed E-state index contributed by atoms with van der Waals surface area (Å²) >= 11 is 1.90. The summed E-state index contributed by atoms with van der Waals surface area (Å²) in [6.45, 7) is 7.83. The summed E-state index contributed by atoms with van der Waals surface area (Å²) in [7, 11) is 0. The number of thioether (sulfide) groups is 1. The average molecular weight is 255 g/mol. The molecular formula is C13H25N3S. The van der Waals surface area contributed by atoms with E-state index >= 15 is 0 Å². The van der Waals surface area contributed by atoms with Crippen LogP contribution in [0.3, 0.4) is 0 Å². The van der Waals surface area contributed by atoms with Crippen molar-refractivity contribution in [3.8, 4) is 0 Å². The van der Waals surface area contributed by atoms with E-state index in [1.165, 1.54) is 25.0 Å². The molecule has 0 N–H and O–H groups in total. The van der Waals surface area contributed by atoms with Crippen LogP contribution in [0.15, 0.2) is 6.20 Å². The number of aryl methyl sites for hydroxylation is 1. The largest absolute Gasteiger partial charge is 0.249 e. The van der Waals surface area contributed by atoms with Crippen LogP contribution < -0.4 is 0 Å². The lowest BCUT2D eigenvalue weighted by atomic mass is 10.1. The molecule has 1 rings (SSSR count). The smallest absolute Gasteiger partial charge is 0.0725 e. The molecule has 1 aromatic heterocycles. The SMILES string of the molecule is CSC(C)Cc1cnnn1CCCCC(C)C. The molecule has 0 fully saturated rings. The van der Waals surface area contributed by atoms with E-state index in [0.29, 0.717) is 5.25 Å². The standard InChI is InChI=1S/C13H25N3S/c1-11(2)7-5-6-8-16-13(10-14-15-16)9-12(3)17-4/h10-12H,5-9H2,1-4H3. The summed E-state index contributed by atoms with van der Waals surface area (Å²) in [4.78, 5) is 0. The fourth-order valence-electron chi connectivity index (χ4n) is 1.82. The van der Waals surface area contributed by atoms with E-state index in [1.807, 2.05) is 18.0 Å². The molecule has 1 heterocycles. The fourth-order valence-corrected chi connectivity index (χ4v) is 2.15. The summed E-state index contributed by atoms with van der Waals surface area (Å²) in [6.07, 6.45) is 8.94. The second-order valence-corrected chi connectivity index (χ2v) is 6.36. The van der Waals surface area contributed by atoms with Gasteiger partial charge in [-0.15, -0.1) is 5.10 Å². The van der Waals surface area contributed by atoms with Gasteiger partial charge in [0.25, 0.3) is 0 Å². The maximum atomic E-state index is 4.18. The molecule has 0 spiro atoms. The number of aromatic nitrogens is 3. The van der Waals surface area contributed by atoms with Gasteiger partial charge >= 0.3 is 0 Å². The Hall–Kier alpha value is -0.510. The van der Waals surface area contributed by atoms with Gasteiger partial charge in [-0.05, 0) is 18.6 Å². The van der Waals surface area contributed by atoms with Crippen molar-refractivity contribution in [3.63, 3.8) is 0 Å². The van der Waals surface area contributed by atoms with Crippen molar-refractivity contribution in [2.75, 3.05) is 6.26 Å². The number of hydrogen-bond donors (Lipinski definition) is 0. The normalized spacial score (nSPS) is 13.2. The third kappa shape index (κ3) is 5.57. The maximum Gasteiger partial charge on any atom is 0.0725 e. The molecule has 0 saturated heterocycles. The minimum Gasteiger partial charge on any atom is -0.249 e. The third-order valence-electron chi connectivity index (χ3n) is 3.00. The first-order valence-electron chi connectivity index (χ1n) is 6.53. The lowest BCUT2D eigenvalue weighted by Gasteiger charge is -2.10. The molecule has 0 saturated carbocycles. The van der Waals surface area contributed by atoms with E-state index in [0.717, 1.165) is 18.9 Å². The van der Waals surface area contributed by atoms with Crippen molar-refractivity contribution in [1.82, 2.24) is 15.0 Å². The van der Waals surface area contributed by atoms with E-state index in [4.69, 9.17) is 0 Å². The van der Waals surface area contributed by atoms with Gasteiger partial charge in [-0.2, -0.15) is 11.8 Å². The van der Waals surface area contributed by atoms with Crippen LogP contribution >= 0.6 is 11.8 Å². The number of unbranched alkanes of at least 4 members (excludes halogenated alkanes) is 1. The van der Waals surface area contributed by atoms with Gasteiger partial charge in [-0.3, -0.25) is 0 Å². The number of nitrogens with zero attached hydrogens (tertiary/aromatic N) is 3. The van der Waals surface area contributed by atoms with Crippen LogP contribution in [0.5, 0.6) is 0 Å². The highest BCUT2D eigenvalue weighted by atomic mass is 32.2. The molecular weight excluding hydrogens is 230 g/mol. The Morgan fingerprint density at radius 1 is 1.29 bits per heavy atom. The Kier molecular flexibility index (Phi) is 6.63. The first-order valence-corrected chi connectivity index (χ1v) is 7.82. The van der Waals surface area contributed by atoms with Gasteiger partial charge in [0.1, 0.15) is 0 Å². The van der Waals surface area contributed by atoms with Gasteiger partial charge in [0.05, 0.1) is 11.9 Å². The zero-order valence-electron chi connectivity index (χ0n) is 11.5. The van der Waals surface area contributed by atoms with Crippen molar-refractivity contribution in [1.29, 1.82) is 0 Å². The van der Waals surface area contributed by atoms with Crippen molar-refractivity contribution in [2.24, 2.45) is 5.92 Å². The molecule has 1 unspecified atom stereocenters. The Labute approximate surface area is 109 Å². The lowest BCUT2D eigenvalue weighted by molar-refractivity contribution is 0.476. The van der Waals surface area contributed by atoms with E-state index in [9.17, 15) is 0 Å². The highest BCUT2D eigenvalue weighted by Crippen LogP contribution is 2.13. The molecule has 4 heteroatoms. The van der Waals surface area contributed by atoms with Crippen LogP contribution in [-0.4, -0.2) is 26.5 Å². The Morgan fingerprint density at radius 2 is 2.06 bits per heavy atom. The molecule has 0 amide bonds. The average Bonchev–Trinajstić information content (AvgIpc) is 2.71. The molecule has 0 aliphatic heterocycles. The molecule has 0 aliphatic rings. The van der Waals surface area contributed by atoms with Gasteiger partial charge in [0.2, 0.25) is 0 Å². The van der Waals surface area contributed by atoms with Gasteiger partial charge in [0.15, 0.2) is 0 Å². The Balaban J connectivity index is 2.35. The van der Waals surface area contributed by atoms with Gasteiger partial charge in [-0.1, -0.05) is 38.8 Å². The Bertz CT molecular complexity index is 309. The van der Waals surface area contributed by atoms with E-state index < -0.39 is 0 Å². The predicted octanol–water partition coefficient (Wildman–Crippen LogP) is 3.40. The topological polar surface area (TPSA) is 30.7 Å². The van der Waals surface area contributed by atoms with Crippen molar-refractivity contribution in [3.05, 3.63) is 11.9 Å². The molecule has 0 aliphatic carbocycles. The Morgan fingerprint density at radius 3 is 2.71 bits per heavy atom. The van der Waals surface area contributed by atoms with Crippen LogP contribution in [0.25, 0.3) is 0 Å². The third-order valence-corrected chi connectivity index (χ3v) is 3.97. The summed E-state index contributed by atoms with van der Waals surface area (Å²) in [6, 6.07) is 0. The van der Waals surface area contributed by atoms with Crippen molar-refractivity contribution in [2.45, 2.75) is 58.2 Å². The van der Waals surface area contributed by atoms with E-state index in [-0.39, 0.29) is 0 Å². The molecule has 17 heavy (non-hydrogen) atoms. The number of hydrogen-bond acceptors (Lipinski definition) is 3. The zero-order valence-corrected chi connectivity index (χ0v) is 12.3. The highest BCUT2D eigenvalue weighted by molar-refractivity contribution is 7.99. The minimum atomic E-state index is 0.642. The van der Waals surface area contributed by atoms with Crippen molar-refractivity contribution >= 4 is 11.8 Å². The summed E-state index contributed by atoms with van der Waals surface area (Å²) in [5.41, 5.74) is 1.27. The first-order chi connectivity index (χ1) is 8.13. The highest BCUT2D eigenvalue weighted by Gasteiger charge is 2.08. The van der Waals surface area contributed by atoms with Gasteiger partial charge in [-0.25, -0.2) is 4.68 Å². The minimum absolute atomic E-state index is 0.642. The molecule has 1 atom stereocenters. The first kappa shape index (κ1) is 14.6. The maximum absolute atomic E-state index is 4.18. The fraction of sp³-hybridized carbons (Fsp3) is 0.846. The second kappa shape index (κ2) is 7.75. The van der Waals surface area contributed by atoms with Gasteiger partial charge < -0.3 is 0 Å². The van der Waals surface area contributed by atoms with Crippen molar-refractivity contribution < 1.29 is 0 Å². The monoisotopic (exact) mass is 255 g/mol. The van der Waals surface area contributed by atoms with Crippen LogP contribution in [0.2, 0.25) is 0 Å². The molecule has 1 aromatic rings. The zero-order chi connectivity index (χ0) is 12.7.